The predicted molar refractivity (Wildman–Crippen MR) is 48.5 cm³/mol. The first-order valence-electron chi connectivity index (χ1n) is 3.72. The minimum Gasteiger partial charge on any atom is -0.464 e. The first-order valence-corrected chi connectivity index (χ1v) is 3.72. The van der Waals surface area contributed by atoms with E-state index in [-0.39, 0.29) is 24.4 Å². The number of carbonyl (C=O) groups is 1. The van der Waals surface area contributed by atoms with Crippen molar-refractivity contribution in [1.29, 1.82) is 0 Å². The Bertz CT molecular complexity index is 194. The van der Waals surface area contributed by atoms with Crippen LogP contribution in [0.2, 0.25) is 0 Å². The van der Waals surface area contributed by atoms with Gasteiger partial charge in [-0.05, 0) is 13.3 Å². The van der Waals surface area contributed by atoms with Crippen LogP contribution in [0.15, 0.2) is 4.99 Å². The van der Waals surface area contributed by atoms with Crippen LogP contribution in [0.4, 0.5) is 0 Å². The van der Waals surface area contributed by atoms with Gasteiger partial charge < -0.3 is 10.5 Å². The van der Waals surface area contributed by atoms with Crippen LogP contribution in [0.5, 0.6) is 0 Å². The summed E-state index contributed by atoms with van der Waals surface area (Å²) < 4.78 is 4.77. The molecule has 0 radical (unpaired) electrons. The van der Waals surface area contributed by atoms with Crippen molar-refractivity contribution in [1.82, 2.24) is 0 Å². The van der Waals surface area contributed by atoms with Gasteiger partial charge in [-0.3, -0.25) is 4.99 Å². The van der Waals surface area contributed by atoms with Crippen LogP contribution >= 0.6 is 12.4 Å². The van der Waals surface area contributed by atoms with Gasteiger partial charge in [-0.15, -0.1) is 12.4 Å². The number of carbonyl (C=O) groups excluding carboxylic acids is 1. The standard InChI is InChI=1S/C7H12N2O2.ClH/c1-2-11-7(10)5-3-4-6(8)9-5;/h5H,2-4H2,1H3,(H2,8,9);1H. The summed E-state index contributed by atoms with van der Waals surface area (Å²) in [6, 6.07) is -0.338. The maximum atomic E-state index is 11.0. The minimum atomic E-state index is -0.338. The largest absolute Gasteiger partial charge is 0.464 e. The van der Waals surface area contributed by atoms with Crippen LogP contribution in [-0.4, -0.2) is 24.5 Å². The van der Waals surface area contributed by atoms with Crippen LogP contribution < -0.4 is 5.73 Å². The Labute approximate surface area is 77.6 Å². The third-order valence-corrected chi connectivity index (χ3v) is 1.55. The fourth-order valence-electron chi connectivity index (χ4n) is 1.02. The molecular weight excluding hydrogens is 180 g/mol. The van der Waals surface area contributed by atoms with E-state index in [0.29, 0.717) is 25.3 Å². The maximum absolute atomic E-state index is 11.0. The van der Waals surface area contributed by atoms with E-state index in [1.807, 2.05) is 0 Å². The van der Waals surface area contributed by atoms with E-state index in [1.54, 1.807) is 6.92 Å². The SMILES string of the molecule is CCOC(=O)C1CCC(N)=N1.Cl. The fraction of sp³-hybridized carbons (Fsp3) is 0.714. The van der Waals surface area contributed by atoms with Crippen molar-refractivity contribution < 1.29 is 9.53 Å². The topological polar surface area (TPSA) is 64.7 Å². The van der Waals surface area contributed by atoms with Gasteiger partial charge in [0.15, 0.2) is 0 Å². The Morgan fingerprint density at radius 2 is 2.50 bits per heavy atom. The second-order valence-electron chi connectivity index (χ2n) is 2.43. The van der Waals surface area contributed by atoms with E-state index in [2.05, 4.69) is 4.99 Å². The number of aliphatic imine (C=N–C) groups is 1. The first-order chi connectivity index (χ1) is 5.24. The van der Waals surface area contributed by atoms with Gasteiger partial charge in [0.05, 0.1) is 12.4 Å². The minimum absolute atomic E-state index is 0. The van der Waals surface area contributed by atoms with E-state index in [0.717, 1.165) is 0 Å². The molecule has 1 atom stereocenters. The Morgan fingerprint density at radius 1 is 1.83 bits per heavy atom. The highest BCUT2D eigenvalue weighted by Gasteiger charge is 2.23. The van der Waals surface area contributed by atoms with Gasteiger partial charge in [-0.1, -0.05) is 0 Å². The quantitative estimate of drug-likeness (QED) is 0.648. The number of esters is 1. The molecule has 0 spiro atoms. The summed E-state index contributed by atoms with van der Waals surface area (Å²) in [4.78, 5) is 14.9. The monoisotopic (exact) mass is 192 g/mol. The summed E-state index contributed by atoms with van der Waals surface area (Å²) in [6.45, 7) is 2.19. The zero-order valence-corrected chi connectivity index (χ0v) is 7.76. The van der Waals surface area contributed by atoms with Crippen LogP contribution in [0.3, 0.4) is 0 Å². The second-order valence-corrected chi connectivity index (χ2v) is 2.43. The molecule has 1 aliphatic heterocycles. The Hall–Kier alpha value is -0.770. The summed E-state index contributed by atoms with van der Waals surface area (Å²) in [7, 11) is 0. The molecular formula is C7H13ClN2O2. The van der Waals surface area contributed by atoms with E-state index in [9.17, 15) is 4.79 Å². The van der Waals surface area contributed by atoms with Gasteiger partial charge in [0, 0.05) is 6.42 Å². The molecule has 1 heterocycles. The molecule has 12 heavy (non-hydrogen) atoms. The molecule has 4 nitrogen and oxygen atoms in total. The highest BCUT2D eigenvalue weighted by molar-refractivity contribution is 5.88. The fourth-order valence-corrected chi connectivity index (χ4v) is 1.02. The molecule has 1 aliphatic rings. The molecule has 5 heteroatoms. The number of ether oxygens (including phenoxy) is 1. The molecule has 0 saturated heterocycles. The number of nitrogens with two attached hydrogens (primary N) is 1. The Kier molecular flexibility index (Phi) is 4.66. The van der Waals surface area contributed by atoms with Gasteiger partial charge in [-0.25, -0.2) is 4.79 Å². The second kappa shape index (κ2) is 4.98. The van der Waals surface area contributed by atoms with E-state index in [4.69, 9.17) is 10.5 Å². The molecule has 1 unspecified atom stereocenters. The van der Waals surface area contributed by atoms with Gasteiger partial charge in [0.1, 0.15) is 6.04 Å². The van der Waals surface area contributed by atoms with Gasteiger partial charge in [0.2, 0.25) is 0 Å². The summed E-state index contributed by atoms with van der Waals surface area (Å²) in [5, 5.41) is 0. The summed E-state index contributed by atoms with van der Waals surface area (Å²) in [5.41, 5.74) is 5.40. The van der Waals surface area contributed by atoms with Crippen molar-refractivity contribution in [3.05, 3.63) is 0 Å². The van der Waals surface area contributed by atoms with Crippen LogP contribution in [0.25, 0.3) is 0 Å². The van der Waals surface area contributed by atoms with Crippen molar-refractivity contribution in [2.75, 3.05) is 6.61 Å². The smallest absolute Gasteiger partial charge is 0.330 e. The maximum Gasteiger partial charge on any atom is 0.330 e. The molecule has 0 fully saturated rings. The molecule has 0 aliphatic carbocycles. The molecule has 0 saturated carbocycles. The van der Waals surface area contributed by atoms with Crippen molar-refractivity contribution in [2.45, 2.75) is 25.8 Å². The molecule has 1 rings (SSSR count). The number of hydrogen-bond donors (Lipinski definition) is 1. The number of hydrogen-bond acceptors (Lipinski definition) is 4. The zero-order valence-electron chi connectivity index (χ0n) is 6.95. The third-order valence-electron chi connectivity index (χ3n) is 1.55. The molecule has 70 valence electrons. The third kappa shape index (κ3) is 2.70. The lowest BCUT2D eigenvalue weighted by atomic mass is 10.2. The van der Waals surface area contributed by atoms with Crippen molar-refractivity contribution in [3.63, 3.8) is 0 Å². The van der Waals surface area contributed by atoms with Crippen molar-refractivity contribution in [2.24, 2.45) is 10.7 Å². The number of nitrogens with zero attached hydrogens (tertiary/aromatic N) is 1. The predicted octanol–water partition coefficient (Wildman–Crippen LogP) is 0.491. The summed E-state index contributed by atoms with van der Waals surface area (Å²) in [5.74, 6) is 0.302. The van der Waals surface area contributed by atoms with Gasteiger partial charge >= 0.3 is 5.97 Å². The number of amidine groups is 1. The molecule has 0 aromatic carbocycles. The highest BCUT2D eigenvalue weighted by Crippen LogP contribution is 2.11. The molecule has 0 bridgehead atoms. The highest BCUT2D eigenvalue weighted by atomic mass is 35.5. The summed E-state index contributed by atoms with van der Waals surface area (Å²) >= 11 is 0. The van der Waals surface area contributed by atoms with Crippen LogP contribution in [0, 0.1) is 0 Å². The normalized spacial score (nSPS) is 21.1. The van der Waals surface area contributed by atoms with Crippen LogP contribution in [-0.2, 0) is 9.53 Å². The lowest BCUT2D eigenvalue weighted by molar-refractivity contribution is -0.144. The van der Waals surface area contributed by atoms with E-state index in [1.165, 1.54) is 0 Å². The van der Waals surface area contributed by atoms with Crippen LogP contribution in [0.1, 0.15) is 19.8 Å². The summed E-state index contributed by atoms with van der Waals surface area (Å²) in [6.07, 6.45) is 1.41. The van der Waals surface area contributed by atoms with E-state index < -0.39 is 0 Å². The lowest BCUT2D eigenvalue weighted by Crippen LogP contribution is -2.19. The van der Waals surface area contributed by atoms with Crippen molar-refractivity contribution in [3.8, 4) is 0 Å². The Morgan fingerprint density at radius 3 is 2.92 bits per heavy atom. The number of rotatable bonds is 2. The van der Waals surface area contributed by atoms with Crippen molar-refractivity contribution >= 4 is 24.2 Å². The molecule has 2 N–H and O–H groups in total. The van der Waals surface area contributed by atoms with Gasteiger partial charge in [-0.2, -0.15) is 0 Å². The zero-order chi connectivity index (χ0) is 8.27. The van der Waals surface area contributed by atoms with Gasteiger partial charge in [0.25, 0.3) is 0 Å². The Balaban J connectivity index is 0.00000121. The molecule has 0 amide bonds. The number of halogens is 1. The average molecular weight is 193 g/mol. The first kappa shape index (κ1) is 11.2. The lowest BCUT2D eigenvalue weighted by Gasteiger charge is -2.03. The molecule has 0 aromatic heterocycles. The van der Waals surface area contributed by atoms with E-state index >= 15 is 0 Å². The molecule has 0 aromatic rings. The average Bonchev–Trinajstić information content (AvgIpc) is 2.36.